The van der Waals surface area contributed by atoms with Crippen molar-refractivity contribution in [1.82, 2.24) is 10.2 Å². The van der Waals surface area contributed by atoms with Crippen molar-refractivity contribution in [3.05, 3.63) is 59.2 Å². The summed E-state index contributed by atoms with van der Waals surface area (Å²) in [5.41, 5.74) is 3.04. The molecule has 0 heterocycles. The number of aryl methyl sites for hydroxylation is 2. The summed E-state index contributed by atoms with van der Waals surface area (Å²) in [6, 6.07) is 12.1. The topological polar surface area (TPSA) is 96.0 Å². The lowest BCUT2D eigenvalue weighted by Gasteiger charge is -2.33. The first-order valence-electron chi connectivity index (χ1n) is 12.8. The number of carbonyl (C=O) groups excluding carboxylic acids is 2. The number of amides is 2. The molecule has 0 aliphatic heterocycles. The van der Waals surface area contributed by atoms with Crippen LogP contribution in [0.2, 0.25) is 0 Å². The first-order chi connectivity index (χ1) is 17.5. The molecule has 1 aliphatic rings. The summed E-state index contributed by atoms with van der Waals surface area (Å²) in [5, 5.41) is 3.11. The van der Waals surface area contributed by atoms with Crippen LogP contribution >= 0.6 is 0 Å². The molecule has 9 heteroatoms. The number of hydrogen-bond acceptors (Lipinski definition) is 5. The van der Waals surface area contributed by atoms with E-state index in [1.807, 2.05) is 39.0 Å². The average molecular weight is 530 g/mol. The Morgan fingerprint density at radius 2 is 1.65 bits per heavy atom. The van der Waals surface area contributed by atoms with E-state index in [4.69, 9.17) is 4.74 Å². The van der Waals surface area contributed by atoms with Gasteiger partial charge in [0.05, 0.1) is 19.1 Å². The van der Waals surface area contributed by atoms with E-state index in [1.165, 1.54) is 4.90 Å². The molecule has 1 saturated carbocycles. The number of anilines is 1. The van der Waals surface area contributed by atoms with Crippen molar-refractivity contribution in [2.75, 3.05) is 24.2 Å². The van der Waals surface area contributed by atoms with Crippen LogP contribution in [0.25, 0.3) is 0 Å². The zero-order valence-corrected chi connectivity index (χ0v) is 23.3. The molecule has 2 aromatic rings. The van der Waals surface area contributed by atoms with Gasteiger partial charge in [0.15, 0.2) is 0 Å². The van der Waals surface area contributed by atoms with Gasteiger partial charge in [0, 0.05) is 12.6 Å². The number of rotatable bonds is 11. The molecule has 37 heavy (non-hydrogen) atoms. The number of carbonyl (C=O) groups is 2. The maximum Gasteiger partial charge on any atom is 0.244 e. The van der Waals surface area contributed by atoms with Gasteiger partial charge in [-0.05, 0) is 74.1 Å². The van der Waals surface area contributed by atoms with Crippen LogP contribution in [-0.4, -0.2) is 57.1 Å². The summed E-state index contributed by atoms with van der Waals surface area (Å²) < 4.78 is 32.0. The molecule has 8 nitrogen and oxygen atoms in total. The largest absolute Gasteiger partial charge is 0.497 e. The molecule has 1 fully saturated rings. The van der Waals surface area contributed by atoms with Gasteiger partial charge in [0.2, 0.25) is 21.8 Å². The highest BCUT2D eigenvalue weighted by Gasteiger charge is 2.33. The van der Waals surface area contributed by atoms with E-state index < -0.39 is 28.5 Å². The standard InChI is InChI=1S/C28H39N3O5S/c1-6-26(28(33)29-23-9-7-8-10-23)30(18-22-11-13-25(36-4)14-12-22)27(32)19-31(37(5,34)35)24-16-20(2)15-21(3)17-24/h11-17,23,26H,6-10,18-19H2,1-5H3,(H,29,33)/t26-/m1/s1. The Labute approximate surface area is 221 Å². The van der Waals surface area contributed by atoms with Crippen LogP contribution in [0.15, 0.2) is 42.5 Å². The van der Waals surface area contributed by atoms with E-state index in [2.05, 4.69) is 5.32 Å². The number of ether oxygens (including phenoxy) is 1. The Morgan fingerprint density at radius 1 is 1.05 bits per heavy atom. The van der Waals surface area contributed by atoms with Crippen molar-refractivity contribution in [3.8, 4) is 5.75 Å². The predicted molar refractivity (Wildman–Crippen MR) is 146 cm³/mol. The van der Waals surface area contributed by atoms with Crippen LogP contribution in [0.1, 0.15) is 55.7 Å². The van der Waals surface area contributed by atoms with Gasteiger partial charge in [-0.15, -0.1) is 0 Å². The summed E-state index contributed by atoms with van der Waals surface area (Å²) in [4.78, 5) is 28.7. The molecule has 1 aliphatic carbocycles. The number of sulfonamides is 1. The normalized spacial score (nSPS) is 14.7. The molecular weight excluding hydrogens is 490 g/mol. The molecular formula is C28H39N3O5S. The third kappa shape index (κ3) is 7.71. The highest BCUT2D eigenvalue weighted by Crippen LogP contribution is 2.24. The molecule has 0 saturated heterocycles. The minimum absolute atomic E-state index is 0.113. The van der Waals surface area contributed by atoms with Crippen molar-refractivity contribution in [3.63, 3.8) is 0 Å². The quantitative estimate of drug-likeness (QED) is 0.476. The van der Waals surface area contributed by atoms with E-state index >= 15 is 0 Å². The van der Waals surface area contributed by atoms with Crippen molar-refractivity contribution in [1.29, 1.82) is 0 Å². The number of nitrogens with one attached hydrogen (secondary N) is 1. The van der Waals surface area contributed by atoms with Crippen molar-refractivity contribution >= 4 is 27.5 Å². The predicted octanol–water partition coefficient (Wildman–Crippen LogP) is 3.94. The van der Waals surface area contributed by atoms with Gasteiger partial charge >= 0.3 is 0 Å². The summed E-state index contributed by atoms with van der Waals surface area (Å²) in [6.45, 7) is 5.41. The monoisotopic (exact) mass is 529 g/mol. The van der Waals surface area contributed by atoms with Gasteiger partial charge in [0.1, 0.15) is 18.3 Å². The molecule has 0 radical (unpaired) electrons. The molecule has 0 aromatic heterocycles. The van der Waals surface area contributed by atoms with Crippen LogP contribution in [0, 0.1) is 13.8 Å². The molecule has 2 aromatic carbocycles. The smallest absolute Gasteiger partial charge is 0.244 e. The first-order valence-corrected chi connectivity index (χ1v) is 14.7. The van der Waals surface area contributed by atoms with Gasteiger partial charge < -0.3 is 15.0 Å². The fraction of sp³-hybridized carbons (Fsp3) is 0.500. The number of methoxy groups -OCH3 is 1. The van der Waals surface area contributed by atoms with Crippen molar-refractivity contribution in [2.45, 2.75) is 71.5 Å². The lowest BCUT2D eigenvalue weighted by molar-refractivity contribution is -0.140. The van der Waals surface area contributed by atoms with E-state index in [1.54, 1.807) is 31.4 Å². The highest BCUT2D eigenvalue weighted by atomic mass is 32.2. The molecule has 0 spiro atoms. The highest BCUT2D eigenvalue weighted by molar-refractivity contribution is 7.92. The minimum Gasteiger partial charge on any atom is -0.497 e. The lowest BCUT2D eigenvalue weighted by Crippen LogP contribution is -2.53. The molecule has 1 N–H and O–H groups in total. The van der Waals surface area contributed by atoms with Crippen molar-refractivity contribution in [2.24, 2.45) is 0 Å². The second-order valence-corrected chi connectivity index (χ2v) is 11.8. The second-order valence-electron chi connectivity index (χ2n) is 9.90. The summed E-state index contributed by atoms with van der Waals surface area (Å²) >= 11 is 0. The maximum absolute atomic E-state index is 13.8. The Morgan fingerprint density at radius 3 is 2.16 bits per heavy atom. The second kappa shape index (κ2) is 12.4. The molecule has 202 valence electrons. The van der Waals surface area contributed by atoms with Crippen molar-refractivity contribution < 1.29 is 22.7 Å². The number of nitrogens with zero attached hydrogens (tertiary/aromatic N) is 2. The van der Waals surface area contributed by atoms with Gasteiger partial charge in [-0.1, -0.05) is 38.0 Å². The third-order valence-electron chi connectivity index (χ3n) is 6.77. The van der Waals surface area contributed by atoms with E-state index in [-0.39, 0.29) is 18.5 Å². The van der Waals surface area contributed by atoms with Gasteiger partial charge in [-0.2, -0.15) is 0 Å². The molecule has 3 rings (SSSR count). The Kier molecular flexibility index (Phi) is 9.59. The number of hydrogen-bond donors (Lipinski definition) is 1. The third-order valence-corrected chi connectivity index (χ3v) is 7.91. The fourth-order valence-electron chi connectivity index (χ4n) is 4.92. The van der Waals surface area contributed by atoms with Crippen LogP contribution in [0.4, 0.5) is 5.69 Å². The Bertz CT molecular complexity index is 1170. The Balaban J connectivity index is 1.94. The van der Waals surface area contributed by atoms with E-state index in [0.717, 1.165) is 52.9 Å². The van der Waals surface area contributed by atoms with Crippen LogP contribution < -0.4 is 14.4 Å². The van der Waals surface area contributed by atoms with Gasteiger partial charge in [-0.25, -0.2) is 8.42 Å². The fourth-order valence-corrected chi connectivity index (χ4v) is 5.76. The Hall–Kier alpha value is -3.07. The molecule has 1 atom stereocenters. The summed E-state index contributed by atoms with van der Waals surface area (Å²) in [7, 11) is -2.18. The summed E-state index contributed by atoms with van der Waals surface area (Å²) in [5.74, 6) is 0.0492. The average Bonchev–Trinajstić information content (AvgIpc) is 3.34. The van der Waals surface area contributed by atoms with Gasteiger partial charge in [0.25, 0.3) is 0 Å². The summed E-state index contributed by atoms with van der Waals surface area (Å²) in [6.07, 6.45) is 5.52. The van der Waals surface area contributed by atoms with Crippen LogP contribution in [0.3, 0.4) is 0 Å². The molecule has 0 unspecified atom stereocenters. The first kappa shape index (κ1) is 28.5. The van der Waals surface area contributed by atoms with Crippen LogP contribution in [-0.2, 0) is 26.2 Å². The van der Waals surface area contributed by atoms with E-state index in [0.29, 0.717) is 17.9 Å². The molecule has 0 bridgehead atoms. The zero-order valence-electron chi connectivity index (χ0n) is 22.5. The van der Waals surface area contributed by atoms with Crippen LogP contribution in [0.5, 0.6) is 5.75 Å². The zero-order chi connectivity index (χ0) is 27.2. The van der Waals surface area contributed by atoms with Gasteiger partial charge in [-0.3, -0.25) is 13.9 Å². The minimum atomic E-state index is -3.76. The maximum atomic E-state index is 13.8. The molecule has 2 amide bonds. The lowest BCUT2D eigenvalue weighted by atomic mass is 10.1. The van der Waals surface area contributed by atoms with E-state index in [9.17, 15) is 18.0 Å². The number of benzene rings is 2. The SMILES string of the molecule is CC[C@H](C(=O)NC1CCCC1)N(Cc1ccc(OC)cc1)C(=O)CN(c1cc(C)cc(C)c1)S(C)(=O)=O.